The van der Waals surface area contributed by atoms with Gasteiger partial charge in [0.05, 0.1) is 32.5 Å². The molecular formula is C21H26N3O5P. The molecule has 0 unspecified atom stereocenters. The van der Waals surface area contributed by atoms with Crippen molar-refractivity contribution in [2.45, 2.75) is 26.6 Å². The van der Waals surface area contributed by atoms with E-state index in [-0.39, 0.29) is 11.1 Å². The van der Waals surface area contributed by atoms with Crippen LogP contribution in [0.2, 0.25) is 0 Å². The quantitative estimate of drug-likeness (QED) is 0.471. The van der Waals surface area contributed by atoms with E-state index in [1.54, 1.807) is 18.3 Å². The molecule has 2 heterocycles. The van der Waals surface area contributed by atoms with Crippen molar-refractivity contribution in [2.75, 3.05) is 25.6 Å². The first-order chi connectivity index (χ1) is 14.6. The lowest BCUT2D eigenvalue weighted by molar-refractivity contribution is 0.268. The number of aromatic nitrogens is 2. The maximum atomic E-state index is 12.8. The zero-order chi connectivity index (χ0) is 21.5. The first kappa shape index (κ1) is 22.2. The van der Waals surface area contributed by atoms with E-state index < -0.39 is 15.0 Å². The van der Waals surface area contributed by atoms with Gasteiger partial charge in [0.1, 0.15) is 5.82 Å². The standard InChI is InChI=1S/C21H26N3O5P/c1-4-28-30(29-5-2)14-15-8-10-16(11-9-15)22-19-17(13-25)21(26)24-12-6-7-18(27-3)20(24)23-19/h6-12,22,25H,4-5,13-14H2,1-3H3. The lowest BCUT2D eigenvalue weighted by Gasteiger charge is -2.16. The second-order valence-corrected chi connectivity index (χ2v) is 7.82. The Morgan fingerprint density at radius 1 is 1.13 bits per heavy atom. The van der Waals surface area contributed by atoms with Crippen LogP contribution in [0.25, 0.3) is 5.65 Å². The number of fused-ring (bicyclic) bond motifs is 1. The van der Waals surface area contributed by atoms with Crippen LogP contribution >= 0.6 is 8.38 Å². The fraction of sp³-hybridized carbons (Fsp3) is 0.333. The number of aliphatic hydroxyl groups excluding tert-OH is 1. The van der Waals surface area contributed by atoms with Gasteiger partial charge in [0.15, 0.2) is 19.8 Å². The van der Waals surface area contributed by atoms with Crippen LogP contribution in [0.3, 0.4) is 0 Å². The molecule has 9 heteroatoms. The van der Waals surface area contributed by atoms with Crippen LogP contribution < -0.4 is 15.6 Å². The molecular weight excluding hydrogens is 405 g/mol. The van der Waals surface area contributed by atoms with Gasteiger partial charge in [-0.3, -0.25) is 9.20 Å². The number of hydrogen-bond donors (Lipinski definition) is 2. The Labute approximate surface area is 176 Å². The number of methoxy groups -OCH3 is 1. The average molecular weight is 431 g/mol. The van der Waals surface area contributed by atoms with Gasteiger partial charge in [0, 0.05) is 18.0 Å². The summed E-state index contributed by atoms with van der Waals surface area (Å²) < 4.78 is 18.0. The summed E-state index contributed by atoms with van der Waals surface area (Å²) in [7, 11) is 0.564. The highest BCUT2D eigenvalue weighted by atomic mass is 31.2. The molecule has 0 aliphatic rings. The minimum atomic E-state index is -0.956. The molecule has 30 heavy (non-hydrogen) atoms. The van der Waals surface area contributed by atoms with Crippen LogP contribution in [-0.2, 0) is 21.8 Å². The SMILES string of the molecule is CCOP(Cc1ccc(Nc2nc3c(OC)cccn3c(=O)c2CO)cc1)OCC. The highest BCUT2D eigenvalue weighted by Crippen LogP contribution is 2.42. The summed E-state index contributed by atoms with van der Waals surface area (Å²) in [5.74, 6) is 0.767. The fourth-order valence-electron chi connectivity index (χ4n) is 2.97. The van der Waals surface area contributed by atoms with E-state index in [0.29, 0.717) is 36.6 Å². The predicted molar refractivity (Wildman–Crippen MR) is 118 cm³/mol. The Bertz CT molecular complexity index is 1030. The molecule has 0 amide bonds. The second kappa shape index (κ2) is 10.5. The molecule has 8 nitrogen and oxygen atoms in total. The minimum absolute atomic E-state index is 0.182. The van der Waals surface area contributed by atoms with Gasteiger partial charge in [0.2, 0.25) is 0 Å². The normalized spacial score (nSPS) is 11.2. The number of hydrogen-bond acceptors (Lipinski definition) is 7. The van der Waals surface area contributed by atoms with Crippen LogP contribution in [0, 0.1) is 0 Å². The lowest BCUT2D eigenvalue weighted by Crippen LogP contribution is -2.22. The molecule has 0 bridgehead atoms. The van der Waals surface area contributed by atoms with Crippen molar-refractivity contribution in [3.63, 3.8) is 0 Å². The Morgan fingerprint density at radius 2 is 1.83 bits per heavy atom. The number of ether oxygens (including phenoxy) is 1. The average Bonchev–Trinajstić information content (AvgIpc) is 2.75. The maximum absolute atomic E-state index is 12.8. The van der Waals surface area contributed by atoms with Gasteiger partial charge in [-0.25, -0.2) is 4.98 Å². The van der Waals surface area contributed by atoms with E-state index in [4.69, 9.17) is 13.8 Å². The largest absolute Gasteiger partial charge is 0.493 e. The fourth-order valence-corrected chi connectivity index (χ4v) is 4.32. The molecule has 0 saturated heterocycles. The summed E-state index contributed by atoms with van der Waals surface area (Å²) in [4.78, 5) is 17.3. The summed E-state index contributed by atoms with van der Waals surface area (Å²) in [6, 6.07) is 11.2. The first-order valence-corrected chi connectivity index (χ1v) is 11.1. The number of nitrogens with one attached hydrogen (secondary N) is 1. The number of nitrogens with zero attached hydrogens (tertiary/aromatic N) is 2. The zero-order valence-electron chi connectivity index (χ0n) is 17.3. The van der Waals surface area contributed by atoms with Gasteiger partial charge >= 0.3 is 0 Å². The Hall–Kier alpha value is -2.51. The number of benzene rings is 1. The Morgan fingerprint density at radius 3 is 2.43 bits per heavy atom. The third-order valence-corrected chi connectivity index (χ3v) is 6.08. The molecule has 0 fully saturated rings. The molecule has 0 saturated carbocycles. The first-order valence-electron chi connectivity index (χ1n) is 9.69. The molecule has 0 atom stereocenters. The smallest absolute Gasteiger partial charge is 0.265 e. The van der Waals surface area contributed by atoms with E-state index in [1.165, 1.54) is 11.5 Å². The van der Waals surface area contributed by atoms with Crippen molar-refractivity contribution in [3.8, 4) is 5.75 Å². The molecule has 0 aliphatic heterocycles. The van der Waals surface area contributed by atoms with Crippen molar-refractivity contribution in [3.05, 3.63) is 64.1 Å². The summed E-state index contributed by atoms with van der Waals surface area (Å²) in [6.45, 7) is 4.70. The molecule has 0 radical (unpaired) electrons. The molecule has 3 aromatic rings. The highest BCUT2D eigenvalue weighted by molar-refractivity contribution is 7.46. The number of anilines is 2. The third-order valence-electron chi connectivity index (χ3n) is 4.36. The van der Waals surface area contributed by atoms with E-state index in [2.05, 4.69) is 10.3 Å². The van der Waals surface area contributed by atoms with Crippen molar-refractivity contribution in [2.24, 2.45) is 0 Å². The predicted octanol–water partition coefficient (Wildman–Crippen LogP) is 3.82. The van der Waals surface area contributed by atoms with E-state index >= 15 is 0 Å². The summed E-state index contributed by atoms with van der Waals surface area (Å²) >= 11 is 0. The zero-order valence-corrected chi connectivity index (χ0v) is 18.2. The van der Waals surface area contributed by atoms with Crippen molar-refractivity contribution >= 4 is 25.5 Å². The van der Waals surface area contributed by atoms with Gasteiger partial charge in [-0.15, -0.1) is 0 Å². The highest BCUT2D eigenvalue weighted by Gasteiger charge is 2.15. The van der Waals surface area contributed by atoms with Crippen LogP contribution in [-0.4, -0.2) is 34.8 Å². The molecule has 2 aromatic heterocycles. The van der Waals surface area contributed by atoms with Crippen molar-refractivity contribution in [1.29, 1.82) is 0 Å². The van der Waals surface area contributed by atoms with Gasteiger partial charge in [-0.05, 0) is 43.7 Å². The van der Waals surface area contributed by atoms with Crippen molar-refractivity contribution in [1.82, 2.24) is 9.38 Å². The van der Waals surface area contributed by atoms with Gasteiger partial charge in [-0.1, -0.05) is 12.1 Å². The summed E-state index contributed by atoms with van der Waals surface area (Å²) in [6.07, 6.45) is 2.30. The number of aliphatic hydroxyl groups is 1. The molecule has 0 aliphatic carbocycles. The van der Waals surface area contributed by atoms with Crippen LogP contribution in [0.4, 0.5) is 11.5 Å². The molecule has 3 rings (SSSR count). The Balaban J connectivity index is 1.88. The molecule has 160 valence electrons. The summed E-state index contributed by atoms with van der Waals surface area (Å²) in [5.41, 5.74) is 2.04. The monoisotopic (exact) mass is 431 g/mol. The van der Waals surface area contributed by atoms with Gasteiger partial charge < -0.3 is 24.2 Å². The number of pyridine rings is 1. The van der Waals surface area contributed by atoms with E-state index in [0.717, 1.165) is 11.3 Å². The van der Waals surface area contributed by atoms with Gasteiger partial charge in [0.25, 0.3) is 5.56 Å². The lowest BCUT2D eigenvalue weighted by atomic mass is 10.2. The molecule has 0 spiro atoms. The maximum Gasteiger partial charge on any atom is 0.265 e. The van der Waals surface area contributed by atoms with E-state index in [9.17, 15) is 9.90 Å². The third kappa shape index (κ3) is 4.96. The Kier molecular flexibility index (Phi) is 7.76. The molecule has 1 aromatic carbocycles. The summed E-state index contributed by atoms with van der Waals surface area (Å²) in [5, 5.41) is 12.9. The van der Waals surface area contributed by atoms with Crippen LogP contribution in [0.1, 0.15) is 25.0 Å². The van der Waals surface area contributed by atoms with E-state index in [1.807, 2.05) is 38.1 Å². The van der Waals surface area contributed by atoms with Crippen molar-refractivity contribution < 1.29 is 18.9 Å². The van der Waals surface area contributed by atoms with Crippen LogP contribution in [0.15, 0.2) is 47.4 Å². The number of rotatable bonds is 10. The molecule has 2 N–H and O–H groups in total. The second-order valence-electron chi connectivity index (χ2n) is 6.32. The minimum Gasteiger partial charge on any atom is -0.493 e. The van der Waals surface area contributed by atoms with Gasteiger partial charge in [-0.2, -0.15) is 0 Å². The topological polar surface area (TPSA) is 94.3 Å². The van der Waals surface area contributed by atoms with Crippen LogP contribution in [0.5, 0.6) is 5.75 Å².